The number of hydrogen-bond acceptors (Lipinski definition) is 4. The quantitative estimate of drug-likeness (QED) is 0.624. The topological polar surface area (TPSA) is 96.7 Å². The highest BCUT2D eigenvalue weighted by atomic mass is 16.1. The number of nitrogens with zero attached hydrogens (tertiary/aromatic N) is 2. The molecular formula is C21H19N5O. The molecule has 1 aliphatic heterocycles. The van der Waals surface area contributed by atoms with Gasteiger partial charge in [-0.1, -0.05) is 0 Å². The fourth-order valence-corrected chi connectivity index (χ4v) is 4.60. The van der Waals surface area contributed by atoms with Crippen molar-refractivity contribution in [2.45, 2.75) is 31.1 Å². The third-order valence-corrected chi connectivity index (χ3v) is 6.26. The van der Waals surface area contributed by atoms with Gasteiger partial charge in [-0.15, -0.1) is 0 Å². The summed E-state index contributed by atoms with van der Waals surface area (Å²) in [5, 5.41) is 3.10. The number of aromatic amines is 1. The number of carbonyl (C=O) groups is 1. The van der Waals surface area contributed by atoms with Crippen LogP contribution in [0.2, 0.25) is 0 Å². The van der Waals surface area contributed by atoms with Crippen molar-refractivity contribution in [3.63, 3.8) is 0 Å². The van der Waals surface area contributed by atoms with Crippen molar-refractivity contribution in [2.24, 2.45) is 0 Å². The molecule has 3 aromatic heterocycles. The van der Waals surface area contributed by atoms with Crippen LogP contribution >= 0.6 is 0 Å². The molecule has 0 radical (unpaired) electrons. The summed E-state index contributed by atoms with van der Waals surface area (Å²) in [5.41, 5.74) is 15.0. The zero-order valence-corrected chi connectivity index (χ0v) is 14.8. The third-order valence-electron chi connectivity index (χ3n) is 6.26. The van der Waals surface area contributed by atoms with Gasteiger partial charge in [0.05, 0.1) is 22.6 Å². The Hall–Kier alpha value is -3.15. The van der Waals surface area contributed by atoms with E-state index in [4.69, 9.17) is 5.73 Å². The monoisotopic (exact) mass is 357 g/mol. The minimum absolute atomic E-state index is 0.0674. The molecule has 2 aliphatic carbocycles. The van der Waals surface area contributed by atoms with Gasteiger partial charge in [0, 0.05) is 47.4 Å². The summed E-state index contributed by atoms with van der Waals surface area (Å²) in [6.07, 6.45) is 9.41. The van der Waals surface area contributed by atoms with Gasteiger partial charge in [0.2, 0.25) is 0 Å². The number of aryl methyl sites for hydroxylation is 1. The summed E-state index contributed by atoms with van der Waals surface area (Å²) >= 11 is 0. The van der Waals surface area contributed by atoms with E-state index in [1.54, 1.807) is 12.4 Å². The molecule has 6 rings (SSSR count). The van der Waals surface area contributed by atoms with E-state index in [-0.39, 0.29) is 11.3 Å². The number of fused-ring (bicyclic) bond motifs is 6. The van der Waals surface area contributed by atoms with Crippen LogP contribution in [0.15, 0.2) is 30.7 Å². The van der Waals surface area contributed by atoms with Crippen LogP contribution in [0.5, 0.6) is 0 Å². The molecular weight excluding hydrogens is 338 g/mol. The molecule has 6 heteroatoms. The van der Waals surface area contributed by atoms with Crippen molar-refractivity contribution in [2.75, 3.05) is 12.3 Å². The minimum Gasteiger partial charge on any atom is -0.397 e. The minimum atomic E-state index is 0.0674. The van der Waals surface area contributed by atoms with Gasteiger partial charge in [0.25, 0.3) is 5.91 Å². The molecule has 134 valence electrons. The molecule has 0 bridgehead atoms. The lowest BCUT2D eigenvalue weighted by Gasteiger charge is -2.23. The van der Waals surface area contributed by atoms with E-state index in [9.17, 15) is 4.79 Å². The molecule has 0 atom stereocenters. The van der Waals surface area contributed by atoms with Crippen molar-refractivity contribution in [1.82, 2.24) is 20.3 Å². The lowest BCUT2D eigenvalue weighted by Crippen LogP contribution is -2.39. The summed E-state index contributed by atoms with van der Waals surface area (Å²) in [6, 6.07) is 3.99. The first-order valence-corrected chi connectivity index (χ1v) is 9.38. The summed E-state index contributed by atoms with van der Waals surface area (Å²) in [6.45, 7) is 0.752. The molecule has 4 heterocycles. The van der Waals surface area contributed by atoms with Crippen LogP contribution in [-0.4, -0.2) is 27.4 Å². The number of anilines is 1. The van der Waals surface area contributed by atoms with Gasteiger partial charge in [-0.2, -0.15) is 0 Å². The molecule has 27 heavy (non-hydrogen) atoms. The van der Waals surface area contributed by atoms with Crippen molar-refractivity contribution in [3.05, 3.63) is 53.1 Å². The number of nitrogens with two attached hydrogens (primary N) is 1. The molecule has 0 saturated heterocycles. The molecule has 1 fully saturated rings. The second-order valence-electron chi connectivity index (χ2n) is 7.93. The molecule has 0 unspecified atom stereocenters. The number of nitrogen functional groups attached to an aromatic ring is 1. The number of carbonyl (C=O) groups excluding carboxylic acids is 1. The predicted octanol–water partition coefficient (Wildman–Crippen LogP) is 2.59. The van der Waals surface area contributed by atoms with E-state index < -0.39 is 0 Å². The summed E-state index contributed by atoms with van der Waals surface area (Å²) in [7, 11) is 0. The smallest absolute Gasteiger partial charge is 0.253 e. The lowest BCUT2D eigenvalue weighted by atomic mass is 9.86. The summed E-state index contributed by atoms with van der Waals surface area (Å²) in [4.78, 5) is 25.1. The zero-order valence-electron chi connectivity index (χ0n) is 14.8. The standard InChI is InChI=1S/C21H19N5O/c22-13-5-12(7-23-9-13)16-6-15-11(8-24-16)1-2-14-17-19(26-18(14)15)21(3-4-21)10-25-20(17)27/h5-9,26H,1-4,10,22H2,(H,25,27). The normalized spacial score (nSPS) is 18.4. The van der Waals surface area contributed by atoms with Crippen LogP contribution in [-0.2, 0) is 18.3 Å². The molecule has 1 amide bonds. The van der Waals surface area contributed by atoms with E-state index in [0.717, 1.165) is 71.6 Å². The molecule has 1 saturated carbocycles. The number of rotatable bonds is 1. The van der Waals surface area contributed by atoms with Gasteiger partial charge >= 0.3 is 0 Å². The highest BCUT2D eigenvalue weighted by molar-refractivity contribution is 6.01. The first-order chi connectivity index (χ1) is 13.1. The number of H-pyrrole nitrogens is 1. The largest absolute Gasteiger partial charge is 0.397 e. The number of nitrogens with one attached hydrogen (secondary N) is 2. The first kappa shape index (κ1) is 15.0. The van der Waals surface area contributed by atoms with Gasteiger partial charge in [0.15, 0.2) is 0 Å². The number of aromatic nitrogens is 3. The average Bonchev–Trinajstić information content (AvgIpc) is 3.34. The summed E-state index contributed by atoms with van der Waals surface area (Å²) in [5.74, 6) is 0.0674. The van der Waals surface area contributed by atoms with E-state index in [2.05, 4.69) is 26.3 Å². The van der Waals surface area contributed by atoms with Crippen LogP contribution in [0, 0.1) is 0 Å². The average molecular weight is 357 g/mol. The molecule has 4 N–H and O–H groups in total. The highest BCUT2D eigenvalue weighted by Crippen LogP contribution is 2.52. The van der Waals surface area contributed by atoms with Gasteiger partial charge in [-0.05, 0) is 48.9 Å². The maximum Gasteiger partial charge on any atom is 0.253 e. The van der Waals surface area contributed by atoms with Crippen molar-refractivity contribution < 1.29 is 4.79 Å². The summed E-state index contributed by atoms with van der Waals surface area (Å²) < 4.78 is 0. The maximum atomic E-state index is 12.6. The third kappa shape index (κ3) is 2.04. The Morgan fingerprint density at radius 2 is 2.00 bits per heavy atom. The SMILES string of the molecule is Nc1cncc(-c2cc3c(cn2)CCc2c-3[nH]c3c2C(=O)NCC32CC2)c1. The number of amides is 1. The molecule has 3 aromatic rings. The van der Waals surface area contributed by atoms with Crippen molar-refractivity contribution in [1.29, 1.82) is 0 Å². The molecule has 6 nitrogen and oxygen atoms in total. The number of pyridine rings is 2. The van der Waals surface area contributed by atoms with E-state index in [0.29, 0.717) is 5.69 Å². The zero-order chi connectivity index (χ0) is 18.2. The van der Waals surface area contributed by atoms with Crippen LogP contribution in [0.3, 0.4) is 0 Å². The molecule has 3 aliphatic rings. The van der Waals surface area contributed by atoms with Crippen LogP contribution < -0.4 is 11.1 Å². The van der Waals surface area contributed by atoms with Gasteiger partial charge in [-0.25, -0.2) is 0 Å². The van der Waals surface area contributed by atoms with Gasteiger partial charge < -0.3 is 16.0 Å². The Balaban J connectivity index is 1.55. The van der Waals surface area contributed by atoms with Gasteiger partial charge in [-0.3, -0.25) is 14.8 Å². The first-order valence-electron chi connectivity index (χ1n) is 9.38. The van der Waals surface area contributed by atoms with Crippen molar-refractivity contribution >= 4 is 11.6 Å². The second-order valence-corrected chi connectivity index (χ2v) is 7.93. The fourth-order valence-electron chi connectivity index (χ4n) is 4.60. The maximum absolute atomic E-state index is 12.6. The predicted molar refractivity (Wildman–Crippen MR) is 102 cm³/mol. The fraction of sp³-hybridized carbons (Fsp3) is 0.286. The molecule has 1 spiro atoms. The van der Waals surface area contributed by atoms with Crippen molar-refractivity contribution in [3.8, 4) is 22.5 Å². The van der Waals surface area contributed by atoms with Crippen LogP contribution in [0.4, 0.5) is 5.69 Å². The Morgan fingerprint density at radius 3 is 2.81 bits per heavy atom. The van der Waals surface area contributed by atoms with E-state index >= 15 is 0 Å². The Bertz CT molecular complexity index is 1130. The Morgan fingerprint density at radius 1 is 1.11 bits per heavy atom. The van der Waals surface area contributed by atoms with Gasteiger partial charge in [0.1, 0.15) is 0 Å². The van der Waals surface area contributed by atoms with Crippen LogP contribution in [0.25, 0.3) is 22.5 Å². The second kappa shape index (κ2) is 4.97. The molecule has 0 aromatic carbocycles. The lowest BCUT2D eigenvalue weighted by molar-refractivity contribution is 0.0936. The highest BCUT2D eigenvalue weighted by Gasteiger charge is 2.51. The number of hydrogen-bond donors (Lipinski definition) is 3. The van der Waals surface area contributed by atoms with Crippen LogP contribution in [0.1, 0.15) is 40.0 Å². The Labute approximate surface area is 156 Å². The van der Waals surface area contributed by atoms with E-state index in [1.165, 1.54) is 5.56 Å². The Kier molecular flexibility index (Phi) is 2.75. The van der Waals surface area contributed by atoms with E-state index in [1.807, 2.05) is 12.3 Å².